The van der Waals surface area contributed by atoms with Gasteiger partial charge in [0.25, 0.3) is 0 Å². The maximum atomic E-state index is 12.4. The normalized spacial score (nSPS) is 12.6. The average Bonchev–Trinajstić information content (AvgIpc) is 2.70. The van der Waals surface area contributed by atoms with Crippen LogP contribution >= 0.6 is 0 Å². The van der Waals surface area contributed by atoms with Crippen molar-refractivity contribution < 1.29 is 14.8 Å². The van der Waals surface area contributed by atoms with Gasteiger partial charge in [-0.1, -0.05) is 118 Å². The summed E-state index contributed by atoms with van der Waals surface area (Å²) < 4.78 is 0. The number of nitrogens with one attached hydrogen (secondary N) is 2. The molecular weight excluding hydrogens is 376 g/mol. The second-order valence-corrected chi connectivity index (χ2v) is 10.1. The van der Waals surface area contributed by atoms with Crippen molar-refractivity contribution in [3.63, 3.8) is 0 Å². The first-order valence-electron chi connectivity index (χ1n) is 12.5. The SMILES string of the molecule is CCCCCCCCCCCCCCCCC(CC(=O)NO)C(=O)NCC(C)(C)C. The van der Waals surface area contributed by atoms with E-state index in [9.17, 15) is 9.59 Å². The number of unbranched alkanes of at least 4 members (excludes halogenated alkanes) is 13. The van der Waals surface area contributed by atoms with Gasteiger partial charge in [-0.15, -0.1) is 0 Å². The highest BCUT2D eigenvalue weighted by Gasteiger charge is 2.22. The molecule has 0 rings (SSSR count). The van der Waals surface area contributed by atoms with Crippen LogP contribution in [0.25, 0.3) is 0 Å². The zero-order valence-electron chi connectivity index (χ0n) is 20.4. The summed E-state index contributed by atoms with van der Waals surface area (Å²) in [6.07, 6.45) is 18.9. The standard InChI is InChI=1S/C25H50N2O3/c1-5-6-7-8-9-10-11-12-13-14-15-16-17-18-19-22(20-23(28)27-30)24(29)26-21-25(2,3)4/h22,30H,5-21H2,1-4H3,(H,26,29)(H,27,28). The van der Waals surface area contributed by atoms with E-state index >= 15 is 0 Å². The summed E-state index contributed by atoms with van der Waals surface area (Å²) in [6, 6.07) is 0. The van der Waals surface area contributed by atoms with Crippen LogP contribution in [0.2, 0.25) is 0 Å². The fourth-order valence-electron chi connectivity index (χ4n) is 3.68. The van der Waals surface area contributed by atoms with Gasteiger partial charge in [-0.25, -0.2) is 5.48 Å². The summed E-state index contributed by atoms with van der Waals surface area (Å²) in [7, 11) is 0. The van der Waals surface area contributed by atoms with Crippen molar-refractivity contribution >= 4 is 11.8 Å². The number of rotatable bonds is 19. The lowest BCUT2D eigenvalue weighted by atomic mass is 9.93. The van der Waals surface area contributed by atoms with E-state index in [2.05, 4.69) is 33.0 Å². The molecule has 0 aliphatic rings. The van der Waals surface area contributed by atoms with Crippen molar-refractivity contribution in [3.05, 3.63) is 0 Å². The number of hydrogen-bond acceptors (Lipinski definition) is 3. The molecule has 0 spiro atoms. The highest BCUT2D eigenvalue weighted by molar-refractivity contribution is 5.85. The Balaban J connectivity index is 3.80. The maximum absolute atomic E-state index is 12.4. The van der Waals surface area contributed by atoms with Gasteiger partial charge in [0.05, 0.1) is 0 Å². The molecule has 30 heavy (non-hydrogen) atoms. The highest BCUT2D eigenvalue weighted by atomic mass is 16.5. The van der Waals surface area contributed by atoms with Gasteiger partial charge in [0, 0.05) is 18.9 Å². The molecule has 0 saturated heterocycles. The Morgan fingerprint density at radius 2 is 1.20 bits per heavy atom. The molecule has 0 bridgehead atoms. The van der Waals surface area contributed by atoms with E-state index in [-0.39, 0.29) is 23.7 Å². The fraction of sp³-hybridized carbons (Fsp3) is 0.920. The molecule has 5 heteroatoms. The van der Waals surface area contributed by atoms with Crippen LogP contribution in [0.1, 0.15) is 130 Å². The van der Waals surface area contributed by atoms with E-state index in [1.807, 2.05) is 0 Å². The van der Waals surface area contributed by atoms with Crippen LogP contribution in [0.15, 0.2) is 0 Å². The van der Waals surface area contributed by atoms with E-state index < -0.39 is 5.91 Å². The van der Waals surface area contributed by atoms with Crippen LogP contribution in [0, 0.1) is 11.3 Å². The number of hydroxylamine groups is 1. The number of amides is 2. The Hall–Kier alpha value is -1.10. The van der Waals surface area contributed by atoms with Crippen LogP contribution in [-0.2, 0) is 9.59 Å². The Labute approximate surface area is 186 Å². The topological polar surface area (TPSA) is 78.4 Å². The van der Waals surface area contributed by atoms with E-state index in [1.54, 1.807) is 5.48 Å². The molecule has 0 heterocycles. The second-order valence-electron chi connectivity index (χ2n) is 10.1. The number of carbonyl (C=O) groups is 2. The predicted octanol–water partition coefficient (Wildman–Crippen LogP) is 6.53. The molecule has 5 nitrogen and oxygen atoms in total. The van der Waals surface area contributed by atoms with Crippen LogP contribution < -0.4 is 10.8 Å². The van der Waals surface area contributed by atoms with Crippen molar-refractivity contribution in [1.29, 1.82) is 0 Å². The van der Waals surface area contributed by atoms with E-state index in [1.165, 1.54) is 77.0 Å². The van der Waals surface area contributed by atoms with Gasteiger partial charge >= 0.3 is 0 Å². The van der Waals surface area contributed by atoms with Crippen LogP contribution in [0.3, 0.4) is 0 Å². The monoisotopic (exact) mass is 426 g/mol. The smallest absolute Gasteiger partial charge is 0.244 e. The molecule has 0 aromatic rings. The molecule has 2 amide bonds. The fourth-order valence-corrected chi connectivity index (χ4v) is 3.68. The third kappa shape index (κ3) is 18.9. The van der Waals surface area contributed by atoms with Crippen molar-refractivity contribution in [2.24, 2.45) is 11.3 Å². The lowest BCUT2D eigenvalue weighted by Gasteiger charge is -2.22. The van der Waals surface area contributed by atoms with E-state index in [0.29, 0.717) is 13.0 Å². The van der Waals surface area contributed by atoms with Crippen LogP contribution in [0.5, 0.6) is 0 Å². The first kappa shape index (κ1) is 28.9. The molecule has 0 fully saturated rings. The van der Waals surface area contributed by atoms with Gasteiger partial charge in [0.15, 0.2) is 0 Å². The molecule has 0 aliphatic carbocycles. The third-order valence-electron chi connectivity index (χ3n) is 5.63. The Morgan fingerprint density at radius 3 is 1.60 bits per heavy atom. The Kier molecular flexibility index (Phi) is 18.0. The molecule has 3 N–H and O–H groups in total. The molecule has 0 aliphatic heterocycles. The second kappa shape index (κ2) is 18.7. The molecular formula is C25H50N2O3. The minimum absolute atomic E-state index is 0.00843. The number of carbonyl (C=O) groups excluding carboxylic acids is 2. The van der Waals surface area contributed by atoms with Gasteiger partial charge in [0.1, 0.15) is 0 Å². The van der Waals surface area contributed by atoms with Gasteiger partial charge in [-0.2, -0.15) is 0 Å². The summed E-state index contributed by atoms with van der Waals surface area (Å²) in [5.74, 6) is -0.934. The maximum Gasteiger partial charge on any atom is 0.244 e. The summed E-state index contributed by atoms with van der Waals surface area (Å²) in [5, 5.41) is 11.7. The zero-order valence-corrected chi connectivity index (χ0v) is 20.4. The van der Waals surface area contributed by atoms with Gasteiger partial charge in [0.2, 0.25) is 11.8 Å². The largest absolute Gasteiger partial charge is 0.355 e. The number of hydrogen-bond donors (Lipinski definition) is 3. The predicted molar refractivity (Wildman–Crippen MR) is 125 cm³/mol. The minimum atomic E-state index is -0.490. The quantitative estimate of drug-likeness (QED) is 0.125. The lowest BCUT2D eigenvalue weighted by molar-refractivity contribution is -0.135. The summed E-state index contributed by atoms with van der Waals surface area (Å²) in [6.45, 7) is 9.05. The van der Waals surface area contributed by atoms with Gasteiger partial charge in [-0.3, -0.25) is 14.8 Å². The van der Waals surface area contributed by atoms with Crippen molar-refractivity contribution in [2.75, 3.05) is 6.54 Å². The third-order valence-corrected chi connectivity index (χ3v) is 5.63. The first-order valence-corrected chi connectivity index (χ1v) is 12.5. The molecule has 0 saturated carbocycles. The van der Waals surface area contributed by atoms with E-state index in [4.69, 9.17) is 5.21 Å². The molecule has 0 aromatic heterocycles. The summed E-state index contributed by atoms with van der Waals surface area (Å²) >= 11 is 0. The van der Waals surface area contributed by atoms with Crippen LogP contribution in [0.4, 0.5) is 0 Å². The van der Waals surface area contributed by atoms with Gasteiger partial charge < -0.3 is 5.32 Å². The lowest BCUT2D eigenvalue weighted by Crippen LogP contribution is -2.38. The summed E-state index contributed by atoms with van der Waals surface area (Å²) in [5.41, 5.74) is 1.66. The van der Waals surface area contributed by atoms with Crippen molar-refractivity contribution in [3.8, 4) is 0 Å². The van der Waals surface area contributed by atoms with Gasteiger partial charge in [-0.05, 0) is 11.8 Å². The van der Waals surface area contributed by atoms with Crippen LogP contribution in [-0.4, -0.2) is 23.6 Å². The van der Waals surface area contributed by atoms with E-state index in [0.717, 1.165) is 12.8 Å². The Bertz CT molecular complexity index is 433. The van der Waals surface area contributed by atoms with Crippen molar-refractivity contribution in [1.82, 2.24) is 10.8 Å². The zero-order chi connectivity index (χ0) is 22.7. The summed E-state index contributed by atoms with van der Waals surface area (Å²) in [4.78, 5) is 24.0. The highest BCUT2D eigenvalue weighted by Crippen LogP contribution is 2.18. The molecule has 178 valence electrons. The minimum Gasteiger partial charge on any atom is -0.355 e. The molecule has 1 unspecified atom stereocenters. The van der Waals surface area contributed by atoms with Crippen molar-refractivity contribution in [2.45, 2.75) is 130 Å². The molecule has 0 radical (unpaired) electrons. The Morgan fingerprint density at radius 1 is 0.767 bits per heavy atom. The molecule has 0 aromatic carbocycles. The molecule has 1 atom stereocenters. The average molecular weight is 427 g/mol. The first-order chi connectivity index (χ1) is 14.3.